The van der Waals surface area contributed by atoms with Crippen molar-refractivity contribution in [3.05, 3.63) is 0 Å². The molecule has 0 aliphatic heterocycles. The molecule has 0 aliphatic carbocycles. The van der Waals surface area contributed by atoms with Crippen LogP contribution >= 0.6 is 0 Å². The van der Waals surface area contributed by atoms with E-state index in [0.717, 1.165) is 0 Å². The minimum absolute atomic E-state index is 0.857. The molecule has 4 nitrogen and oxygen atoms in total. The maximum atomic E-state index is 5.65. The maximum absolute atomic E-state index is 5.65. The smallest absolute Gasteiger partial charge is 0.394 e. The van der Waals surface area contributed by atoms with E-state index < -0.39 is 27.1 Å². The fraction of sp³-hybridized carbons (Fsp3) is 1.00. The molecule has 2 radical (unpaired) electrons. The quantitative estimate of drug-likeness (QED) is 0.653. The van der Waals surface area contributed by atoms with Gasteiger partial charge in [0.25, 0.3) is 0 Å². The third kappa shape index (κ3) is 5.05. The lowest BCUT2D eigenvalue weighted by Gasteiger charge is -2.28. The van der Waals surface area contributed by atoms with Crippen LogP contribution in [0.2, 0.25) is 26.2 Å². The highest BCUT2D eigenvalue weighted by molar-refractivity contribution is 6.71. The molecule has 0 fully saturated rings. The van der Waals surface area contributed by atoms with Gasteiger partial charge in [-0.15, -0.1) is 0 Å². The predicted octanol–water partition coefficient (Wildman–Crippen LogP) is 1.25. The van der Waals surface area contributed by atoms with Gasteiger partial charge < -0.3 is 17.1 Å². The molecular formula is C6H18O4Si3. The summed E-state index contributed by atoms with van der Waals surface area (Å²) in [5.74, 6) is 0. The van der Waals surface area contributed by atoms with Gasteiger partial charge in [-0.3, -0.25) is 0 Å². The zero-order chi connectivity index (χ0) is 10.5. The van der Waals surface area contributed by atoms with E-state index in [4.69, 9.17) is 17.1 Å². The van der Waals surface area contributed by atoms with Crippen LogP contribution in [0.4, 0.5) is 0 Å². The van der Waals surface area contributed by atoms with Crippen molar-refractivity contribution >= 4 is 27.1 Å². The molecule has 7 heteroatoms. The molecule has 0 saturated carbocycles. The standard InChI is InChI=1S/C6H18O4Si3/c1-7-13(8-2,9-11(3)4)10-12(5)6/h1-6H3. The Morgan fingerprint density at radius 1 is 0.769 bits per heavy atom. The van der Waals surface area contributed by atoms with Crippen molar-refractivity contribution < 1.29 is 17.1 Å². The largest absolute Gasteiger partial charge is 0.657 e. The third-order valence-corrected chi connectivity index (χ3v) is 7.42. The molecule has 0 amide bonds. The molecule has 0 aromatic carbocycles. The van der Waals surface area contributed by atoms with Crippen LogP contribution in [-0.2, 0) is 17.1 Å². The Balaban J connectivity index is 4.30. The molecule has 0 bridgehead atoms. The highest BCUT2D eigenvalue weighted by atomic mass is 28.5. The van der Waals surface area contributed by atoms with Gasteiger partial charge >= 0.3 is 9.05 Å². The van der Waals surface area contributed by atoms with Crippen LogP contribution in [0.25, 0.3) is 0 Å². The van der Waals surface area contributed by atoms with Crippen molar-refractivity contribution in [1.82, 2.24) is 0 Å². The molecule has 13 heavy (non-hydrogen) atoms. The number of hydrogen-bond acceptors (Lipinski definition) is 4. The van der Waals surface area contributed by atoms with Gasteiger partial charge in [0.05, 0.1) is 0 Å². The highest BCUT2D eigenvalue weighted by Crippen LogP contribution is 2.12. The molecular weight excluding hydrogens is 220 g/mol. The maximum Gasteiger partial charge on any atom is 0.657 e. The first kappa shape index (κ1) is 13.5. The fourth-order valence-electron chi connectivity index (χ4n) is 0.771. The van der Waals surface area contributed by atoms with E-state index in [9.17, 15) is 0 Å². The first-order valence-electron chi connectivity index (χ1n) is 4.04. The van der Waals surface area contributed by atoms with Crippen LogP contribution < -0.4 is 0 Å². The topological polar surface area (TPSA) is 36.9 Å². The molecule has 0 unspecified atom stereocenters. The highest BCUT2D eigenvalue weighted by Gasteiger charge is 2.44. The second-order valence-corrected chi connectivity index (χ2v) is 10.0. The van der Waals surface area contributed by atoms with Crippen molar-refractivity contribution in [2.24, 2.45) is 0 Å². The summed E-state index contributed by atoms with van der Waals surface area (Å²) in [5, 5.41) is 0. The molecule has 0 N–H and O–H groups in total. The van der Waals surface area contributed by atoms with Crippen LogP contribution in [-0.4, -0.2) is 41.3 Å². The Morgan fingerprint density at radius 3 is 1.23 bits per heavy atom. The molecule has 0 heterocycles. The molecule has 0 aliphatic rings. The zero-order valence-electron chi connectivity index (χ0n) is 9.13. The minimum Gasteiger partial charge on any atom is -0.394 e. The van der Waals surface area contributed by atoms with Crippen LogP contribution in [0.1, 0.15) is 0 Å². The Labute approximate surface area is 85.1 Å². The zero-order valence-corrected chi connectivity index (χ0v) is 12.1. The normalized spacial score (nSPS) is 12.9. The molecule has 0 saturated heterocycles. The Morgan fingerprint density at radius 2 is 1.08 bits per heavy atom. The van der Waals surface area contributed by atoms with E-state index in [1.807, 2.05) is 26.2 Å². The molecule has 78 valence electrons. The second kappa shape index (κ2) is 6.06. The van der Waals surface area contributed by atoms with Gasteiger partial charge in [-0.2, -0.15) is 0 Å². The lowest BCUT2D eigenvalue weighted by molar-refractivity contribution is 0.0826. The number of hydrogen-bond donors (Lipinski definition) is 0. The molecule has 0 aromatic heterocycles. The monoisotopic (exact) mass is 238 g/mol. The van der Waals surface area contributed by atoms with Crippen LogP contribution in [0.3, 0.4) is 0 Å². The van der Waals surface area contributed by atoms with Gasteiger partial charge in [-0.25, -0.2) is 0 Å². The Hall–Kier alpha value is 0.491. The van der Waals surface area contributed by atoms with Crippen LogP contribution in [0.15, 0.2) is 0 Å². The van der Waals surface area contributed by atoms with E-state index in [2.05, 4.69) is 0 Å². The molecule has 0 rings (SSSR count). The minimum atomic E-state index is -2.78. The summed E-state index contributed by atoms with van der Waals surface area (Å²) in [6.07, 6.45) is 0. The third-order valence-electron chi connectivity index (χ3n) is 1.16. The van der Waals surface area contributed by atoms with Crippen LogP contribution in [0.5, 0.6) is 0 Å². The van der Waals surface area contributed by atoms with Crippen LogP contribution in [0, 0.1) is 0 Å². The van der Waals surface area contributed by atoms with Gasteiger partial charge in [0.15, 0.2) is 18.1 Å². The van der Waals surface area contributed by atoms with E-state index in [-0.39, 0.29) is 0 Å². The molecule has 0 atom stereocenters. The van der Waals surface area contributed by atoms with Gasteiger partial charge in [-0.05, 0) is 26.2 Å². The molecule has 0 spiro atoms. The average molecular weight is 238 g/mol. The summed E-state index contributed by atoms with van der Waals surface area (Å²) in [6.45, 7) is 8.13. The van der Waals surface area contributed by atoms with E-state index in [1.165, 1.54) is 0 Å². The summed E-state index contributed by atoms with van der Waals surface area (Å²) < 4.78 is 21.8. The van der Waals surface area contributed by atoms with Crippen molar-refractivity contribution in [1.29, 1.82) is 0 Å². The van der Waals surface area contributed by atoms with E-state index >= 15 is 0 Å². The first-order valence-corrected chi connectivity index (χ1v) is 10.5. The predicted molar refractivity (Wildman–Crippen MR) is 56.9 cm³/mol. The summed E-state index contributed by atoms with van der Waals surface area (Å²) in [6, 6.07) is 0. The van der Waals surface area contributed by atoms with Gasteiger partial charge in [-0.1, -0.05) is 0 Å². The SMILES string of the molecule is CO[Si](OC)(O[Si](C)C)O[Si](C)C. The van der Waals surface area contributed by atoms with Crippen molar-refractivity contribution in [2.75, 3.05) is 14.2 Å². The lowest BCUT2D eigenvalue weighted by atomic mass is 11.8. The van der Waals surface area contributed by atoms with E-state index in [1.54, 1.807) is 14.2 Å². The lowest BCUT2D eigenvalue weighted by Crippen LogP contribution is -2.52. The summed E-state index contributed by atoms with van der Waals surface area (Å²) in [7, 11) is -1.34. The fourth-order valence-corrected chi connectivity index (χ4v) is 6.81. The summed E-state index contributed by atoms with van der Waals surface area (Å²) in [4.78, 5) is 0. The van der Waals surface area contributed by atoms with Gasteiger partial charge in [0, 0.05) is 14.2 Å². The van der Waals surface area contributed by atoms with Gasteiger partial charge in [0.2, 0.25) is 0 Å². The van der Waals surface area contributed by atoms with Crippen molar-refractivity contribution in [3.63, 3.8) is 0 Å². The number of rotatable bonds is 6. The first-order chi connectivity index (χ1) is 5.95. The van der Waals surface area contributed by atoms with Gasteiger partial charge in [0.1, 0.15) is 0 Å². The Kier molecular flexibility index (Phi) is 6.29. The van der Waals surface area contributed by atoms with Crippen molar-refractivity contribution in [3.8, 4) is 0 Å². The summed E-state index contributed by atoms with van der Waals surface area (Å²) in [5.41, 5.74) is 0. The van der Waals surface area contributed by atoms with Crippen molar-refractivity contribution in [2.45, 2.75) is 26.2 Å². The second-order valence-electron chi connectivity index (χ2n) is 2.93. The Bertz CT molecular complexity index is 126. The average Bonchev–Trinajstić information content (AvgIpc) is 2.01. The molecule has 0 aromatic rings. The summed E-state index contributed by atoms with van der Waals surface area (Å²) >= 11 is 0. The van der Waals surface area contributed by atoms with E-state index in [0.29, 0.717) is 0 Å².